The molecule has 1 aromatic rings. The highest BCUT2D eigenvalue weighted by Crippen LogP contribution is 2.06. The maximum Gasteiger partial charge on any atom is 0.308 e. The van der Waals surface area contributed by atoms with Crippen molar-refractivity contribution in [2.45, 2.75) is 26.9 Å². The molecule has 0 unspecified atom stereocenters. The number of carbonyl (C=O) groups is 1. The van der Waals surface area contributed by atoms with Crippen LogP contribution in [0.3, 0.4) is 0 Å². The first kappa shape index (κ1) is 14.9. The molecular weight excluding hydrogens is 254 g/mol. The van der Waals surface area contributed by atoms with Crippen LogP contribution in [-0.4, -0.2) is 24.2 Å². The van der Waals surface area contributed by atoms with Gasteiger partial charge in [0.25, 0.3) is 0 Å². The number of pyridine rings is 1. The maximum absolute atomic E-state index is 11.4. The Morgan fingerprint density at radius 3 is 2.83 bits per heavy atom. The van der Waals surface area contributed by atoms with Crippen LogP contribution in [0.2, 0.25) is 5.15 Å². The molecule has 0 aliphatic heterocycles. The molecule has 0 aliphatic carbocycles. The van der Waals surface area contributed by atoms with Crippen LogP contribution < -0.4 is 0 Å². The van der Waals surface area contributed by atoms with Crippen LogP contribution in [-0.2, 0) is 20.9 Å². The van der Waals surface area contributed by atoms with Gasteiger partial charge in [-0.2, -0.15) is 0 Å². The SMILES string of the molecule is CC(C)COCCC(=O)OCc1ccc(Cl)nc1. The van der Waals surface area contributed by atoms with Crippen molar-refractivity contribution in [1.29, 1.82) is 0 Å². The van der Waals surface area contributed by atoms with Crippen LogP contribution in [0.15, 0.2) is 18.3 Å². The van der Waals surface area contributed by atoms with Crippen molar-refractivity contribution >= 4 is 17.6 Å². The number of ether oxygens (including phenoxy) is 2. The molecule has 0 atom stereocenters. The van der Waals surface area contributed by atoms with Gasteiger partial charge in [0, 0.05) is 18.4 Å². The monoisotopic (exact) mass is 271 g/mol. The molecule has 0 saturated carbocycles. The van der Waals surface area contributed by atoms with Gasteiger partial charge in [-0.15, -0.1) is 0 Å². The highest BCUT2D eigenvalue weighted by molar-refractivity contribution is 6.29. The molecule has 0 fully saturated rings. The zero-order valence-electron chi connectivity index (χ0n) is 10.7. The lowest BCUT2D eigenvalue weighted by atomic mass is 10.2. The third-order valence-electron chi connectivity index (χ3n) is 2.09. The average Bonchev–Trinajstić information content (AvgIpc) is 2.34. The molecule has 1 heterocycles. The number of esters is 1. The van der Waals surface area contributed by atoms with E-state index >= 15 is 0 Å². The van der Waals surface area contributed by atoms with Gasteiger partial charge in [0.15, 0.2) is 0 Å². The van der Waals surface area contributed by atoms with E-state index in [4.69, 9.17) is 21.1 Å². The summed E-state index contributed by atoms with van der Waals surface area (Å²) in [6, 6.07) is 3.44. The predicted molar refractivity (Wildman–Crippen MR) is 69.3 cm³/mol. The van der Waals surface area contributed by atoms with Gasteiger partial charge in [0.1, 0.15) is 11.8 Å². The number of hydrogen-bond donors (Lipinski definition) is 0. The van der Waals surface area contributed by atoms with Crippen LogP contribution in [0.1, 0.15) is 25.8 Å². The molecule has 0 aliphatic rings. The lowest BCUT2D eigenvalue weighted by molar-refractivity contribution is -0.146. The zero-order valence-corrected chi connectivity index (χ0v) is 11.4. The molecule has 1 rings (SSSR count). The standard InChI is InChI=1S/C13H18ClNO3/c1-10(2)8-17-6-5-13(16)18-9-11-3-4-12(14)15-7-11/h3-4,7,10H,5-6,8-9H2,1-2H3. The van der Waals surface area contributed by atoms with Crippen LogP contribution in [0.25, 0.3) is 0 Å². The number of halogens is 1. The quantitative estimate of drug-likeness (QED) is 0.435. The average molecular weight is 272 g/mol. The second-order valence-electron chi connectivity index (χ2n) is 4.37. The summed E-state index contributed by atoms with van der Waals surface area (Å²) >= 11 is 5.65. The topological polar surface area (TPSA) is 48.4 Å². The third-order valence-corrected chi connectivity index (χ3v) is 2.31. The van der Waals surface area contributed by atoms with E-state index < -0.39 is 0 Å². The Morgan fingerprint density at radius 2 is 2.22 bits per heavy atom. The third kappa shape index (κ3) is 6.57. The lowest BCUT2D eigenvalue weighted by Gasteiger charge is -2.07. The number of nitrogens with zero attached hydrogens (tertiary/aromatic N) is 1. The molecule has 0 saturated heterocycles. The van der Waals surface area contributed by atoms with E-state index in [0.717, 1.165) is 5.56 Å². The van der Waals surface area contributed by atoms with E-state index in [2.05, 4.69) is 18.8 Å². The van der Waals surface area contributed by atoms with Gasteiger partial charge in [-0.25, -0.2) is 4.98 Å². The second kappa shape index (κ2) is 8.06. The molecule has 0 bridgehead atoms. The van der Waals surface area contributed by atoms with Gasteiger partial charge in [0.2, 0.25) is 0 Å². The zero-order chi connectivity index (χ0) is 13.4. The summed E-state index contributed by atoms with van der Waals surface area (Å²) < 4.78 is 10.4. The number of aromatic nitrogens is 1. The van der Waals surface area contributed by atoms with E-state index in [1.807, 2.05) is 0 Å². The first-order valence-corrected chi connectivity index (χ1v) is 6.29. The fourth-order valence-electron chi connectivity index (χ4n) is 1.20. The molecule has 100 valence electrons. The van der Waals surface area contributed by atoms with Crippen molar-refractivity contribution in [2.75, 3.05) is 13.2 Å². The Morgan fingerprint density at radius 1 is 1.44 bits per heavy atom. The molecule has 5 heteroatoms. The van der Waals surface area contributed by atoms with Crippen molar-refractivity contribution in [3.8, 4) is 0 Å². The summed E-state index contributed by atoms with van der Waals surface area (Å²) in [6.07, 6.45) is 1.86. The van der Waals surface area contributed by atoms with Crippen LogP contribution >= 0.6 is 11.6 Å². The predicted octanol–water partition coefficient (Wildman–Crippen LogP) is 2.84. The first-order valence-electron chi connectivity index (χ1n) is 5.91. The van der Waals surface area contributed by atoms with Crippen molar-refractivity contribution in [3.63, 3.8) is 0 Å². The summed E-state index contributed by atoms with van der Waals surface area (Å²) in [4.78, 5) is 15.3. The molecule has 0 N–H and O–H groups in total. The molecule has 0 spiro atoms. The fraction of sp³-hybridized carbons (Fsp3) is 0.538. The first-order chi connectivity index (χ1) is 8.58. The minimum atomic E-state index is -0.270. The van der Waals surface area contributed by atoms with E-state index in [1.165, 1.54) is 0 Å². The molecular formula is C13H18ClNO3. The minimum absolute atomic E-state index is 0.215. The van der Waals surface area contributed by atoms with E-state index in [9.17, 15) is 4.79 Å². The van der Waals surface area contributed by atoms with E-state index in [1.54, 1.807) is 18.3 Å². The van der Waals surface area contributed by atoms with Crippen molar-refractivity contribution in [3.05, 3.63) is 29.0 Å². The molecule has 1 aromatic heterocycles. The Hall–Kier alpha value is -1.13. The second-order valence-corrected chi connectivity index (χ2v) is 4.76. The molecule has 4 nitrogen and oxygen atoms in total. The summed E-state index contributed by atoms with van der Waals surface area (Å²) in [5.74, 6) is 0.204. The molecule has 18 heavy (non-hydrogen) atoms. The number of hydrogen-bond acceptors (Lipinski definition) is 4. The van der Waals surface area contributed by atoms with Gasteiger partial charge in [0.05, 0.1) is 13.0 Å². The Bertz CT molecular complexity index is 365. The number of rotatable bonds is 7. The van der Waals surface area contributed by atoms with Crippen molar-refractivity contribution < 1.29 is 14.3 Å². The van der Waals surface area contributed by atoms with Crippen molar-refractivity contribution in [2.24, 2.45) is 5.92 Å². The minimum Gasteiger partial charge on any atom is -0.461 e. The lowest BCUT2D eigenvalue weighted by Crippen LogP contribution is -2.10. The van der Waals surface area contributed by atoms with E-state index in [-0.39, 0.29) is 19.0 Å². The van der Waals surface area contributed by atoms with Gasteiger partial charge >= 0.3 is 5.97 Å². The fourth-order valence-corrected chi connectivity index (χ4v) is 1.31. The molecule has 0 amide bonds. The summed E-state index contributed by atoms with van der Waals surface area (Å²) in [5.41, 5.74) is 0.816. The van der Waals surface area contributed by atoms with Crippen LogP contribution in [0, 0.1) is 5.92 Å². The summed E-state index contributed by atoms with van der Waals surface area (Å²) in [6.45, 7) is 5.40. The largest absolute Gasteiger partial charge is 0.461 e. The smallest absolute Gasteiger partial charge is 0.308 e. The normalized spacial score (nSPS) is 10.7. The highest BCUT2D eigenvalue weighted by atomic mass is 35.5. The van der Waals surface area contributed by atoms with E-state index in [0.29, 0.717) is 24.3 Å². The molecule has 0 aromatic carbocycles. The van der Waals surface area contributed by atoms with Gasteiger partial charge in [-0.3, -0.25) is 4.79 Å². The van der Waals surface area contributed by atoms with Crippen molar-refractivity contribution in [1.82, 2.24) is 4.98 Å². The Kier molecular flexibility index (Phi) is 6.68. The van der Waals surface area contributed by atoms with Crippen LogP contribution in [0.4, 0.5) is 0 Å². The van der Waals surface area contributed by atoms with Crippen LogP contribution in [0.5, 0.6) is 0 Å². The van der Waals surface area contributed by atoms with Gasteiger partial charge in [-0.1, -0.05) is 31.5 Å². The Labute approximate surface area is 112 Å². The number of carbonyl (C=O) groups excluding carboxylic acids is 1. The van der Waals surface area contributed by atoms with Gasteiger partial charge in [-0.05, 0) is 12.0 Å². The summed E-state index contributed by atoms with van der Waals surface area (Å²) in [7, 11) is 0. The summed E-state index contributed by atoms with van der Waals surface area (Å²) in [5, 5.41) is 0.423. The maximum atomic E-state index is 11.4. The Balaban J connectivity index is 2.15. The highest BCUT2D eigenvalue weighted by Gasteiger charge is 2.04. The van der Waals surface area contributed by atoms with Gasteiger partial charge < -0.3 is 9.47 Å². The molecule has 0 radical (unpaired) electrons.